The second kappa shape index (κ2) is 7.04. The van der Waals surface area contributed by atoms with Crippen LogP contribution < -0.4 is 5.32 Å². The van der Waals surface area contributed by atoms with E-state index >= 15 is 0 Å². The molecule has 0 saturated carbocycles. The average molecular weight is 261 g/mol. The molecular weight excluding hydrogens is 242 g/mol. The third kappa shape index (κ3) is 4.17. The number of Topliss-reactive ketones (excluding diaryl/α,β-unsaturated/α-hetero) is 1. The highest BCUT2D eigenvalue weighted by atomic mass is 16.5. The fraction of sp³-hybridized carbons (Fsp3) is 0.467. The Kier molecular flexibility index (Phi) is 5.10. The van der Waals surface area contributed by atoms with Crippen LogP contribution in [0.4, 0.5) is 0 Å². The van der Waals surface area contributed by atoms with Gasteiger partial charge in [0.05, 0.1) is 0 Å². The third-order valence-electron chi connectivity index (χ3n) is 3.50. The van der Waals surface area contributed by atoms with Crippen LogP contribution in [0, 0.1) is 5.92 Å². The van der Waals surface area contributed by atoms with E-state index in [9.17, 15) is 9.59 Å². The van der Waals surface area contributed by atoms with Gasteiger partial charge in [0.15, 0.2) is 0 Å². The van der Waals surface area contributed by atoms with E-state index in [1.807, 2.05) is 30.3 Å². The minimum atomic E-state index is -0.228. The molecule has 1 N–H and O–H groups in total. The van der Waals surface area contributed by atoms with E-state index in [-0.39, 0.29) is 17.8 Å². The van der Waals surface area contributed by atoms with Crippen LogP contribution in [0.5, 0.6) is 0 Å². The van der Waals surface area contributed by atoms with E-state index in [0.717, 1.165) is 12.1 Å². The zero-order chi connectivity index (χ0) is 13.5. The van der Waals surface area contributed by atoms with Crippen LogP contribution >= 0.6 is 0 Å². The van der Waals surface area contributed by atoms with E-state index in [2.05, 4.69) is 5.32 Å². The van der Waals surface area contributed by atoms with E-state index in [0.29, 0.717) is 32.3 Å². The zero-order valence-corrected chi connectivity index (χ0v) is 10.9. The van der Waals surface area contributed by atoms with Gasteiger partial charge in [0, 0.05) is 31.8 Å². The van der Waals surface area contributed by atoms with Gasteiger partial charge < -0.3 is 10.1 Å². The molecule has 0 spiro atoms. The molecule has 1 saturated heterocycles. The van der Waals surface area contributed by atoms with Crippen LogP contribution in [0.3, 0.4) is 0 Å². The van der Waals surface area contributed by atoms with Gasteiger partial charge in [-0.3, -0.25) is 9.59 Å². The number of piperidine rings is 1. The summed E-state index contributed by atoms with van der Waals surface area (Å²) < 4.78 is 5.14. The Labute approximate surface area is 113 Å². The predicted octanol–water partition coefficient (Wildman–Crippen LogP) is 1.34. The number of rotatable bonds is 6. The summed E-state index contributed by atoms with van der Waals surface area (Å²) in [7, 11) is 0. The molecule has 1 aromatic carbocycles. The molecule has 1 fully saturated rings. The Hall–Kier alpha value is -1.68. The summed E-state index contributed by atoms with van der Waals surface area (Å²) in [5.41, 5.74) is 1.12. The van der Waals surface area contributed by atoms with Crippen LogP contribution in [-0.2, 0) is 20.7 Å². The minimum Gasteiger partial charge on any atom is -0.464 e. The SMILES string of the molecule is O=COC(Cc1ccccc1)CC1CNCCC1=O. The average Bonchev–Trinajstić information content (AvgIpc) is 2.43. The molecule has 1 aliphatic rings. The van der Waals surface area contributed by atoms with Gasteiger partial charge >= 0.3 is 0 Å². The number of carbonyl (C=O) groups is 2. The van der Waals surface area contributed by atoms with Crippen molar-refractivity contribution < 1.29 is 14.3 Å². The molecule has 102 valence electrons. The van der Waals surface area contributed by atoms with E-state index in [4.69, 9.17) is 4.74 Å². The van der Waals surface area contributed by atoms with Crippen molar-refractivity contribution in [2.24, 2.45) is 5.92 Å². The van der Waals surface area contributed by atoms with Crippen LogP contribution in [0.2, 0.25) is 0 Å². The van der Waals surface area contributed by atoms with Gasteiger partial charge in [-0.25, -0.2) is 0 Å². The van der Waals surface area contributed by atoms with Gasteiger partial charge in [0.25, 0.3) is 6.47 Å². The van der Waals surface area contributed by atoms with Crippen LogP contribution in [0.15, 0.2) is 30.3 Å². The summed E-state index contributed by atoms with van der Waals surface area (Å²) in [6.45, 7) is 1.92. The largest absolute Gasteiger partial charge is 0.464 e. The molecule has 2 unspecified atom stereocenters. The first-order chi connectivity index (χ1) is 9.29. The topological polar surface area (TPSA) is 55.4 Å². The molecular formula is C15H19NO3. The normalized spacial score (nSPS) is 20.8. The highest BCUT2D eigenvalue weighted by Crippen LogP contribution is 2.17. The van der Waals surface area contributed by atoms with Crippen LogP contribution in [0.25, 0.3) is 0 Å². The maximum atomic E-state index is 11.8. The molecule has 2 rings (SSSR count). The quantitative estimate of drug-likeness (QED) is 0.785. The number of nitrogens with one attached hydrogen (secondary N) is 1. The third-order valence-corrected chi connectivity index (χ3v) is 3.50. The summed E-state index contributed by atoms with van der Waals surface area (Å²) in [6, 6.07) is 9.87. The second-order valence-corrected chi connectivity index (χ2v) is 4.90. The monoisotopic (exact) mass is 261 g/mol. The van der Waals surface area contributed by atoms with Gasteiger partial charge in [0.1, 0.15) is 11.9 Å². The van der Waals surface area contributed by atoms with Gasteiger partial charge in [0.2, 0.25) is 0 Å². The predicted molar refractivity (Wildman–Crippen MR) is 71.7 cm³/mol. The van der Waals surface area contributed by atoms with Crippen molar-refractivity contribution in [1.29, 1.82) is 0 Å². The molecule has 2 atom stereocenters. The van der Waals surface area contributed by atoms with Crippen LogP contribution in [0.1, 0.15) is 18.4 Å². The first kappa shape index (κ1) is 13.7. The molecule has 1 aliphatic heterocycles. The van der Waals surface area contributed by atoms with E-state index in [1.54, 1.807) is 0 Å². The summed E-state index contributed by atoms with van der Waals surface area (Å²) in [5, 5.41) is 3.21. The number of ether oxygens (including phenoxy) is 1. The minimum absolute atomic E-state index is 0.0394. The first-order valence-corrected chi connectivity index (χ1v) is 6.66. The van der Waals surface area contributed by atoms with Crippen molar-refractivity contribution >= 4 is 12.3 Å². The smallest absolute Gasteiger partial charge is 0.293 e. The maximum absolute atomic E-state index is 11.8. The molecule has 0 amide bonds. The van der Waals surface area contributed by atoms with Crippen molar-refractivity contribution in [2.45, 2.75) is 25.4 Å². The van der Waals surface area contributed by atoms with Gasteiger partial charge in [-0.1, -0.05) is 30.3 Å². The molecule has 1 aromatic rings. The number of ketones is 1. The molecule has 4 nitrogen and oxygen atoms in total. The highest BCUT2D eigenvalue weighted by Gasteiger charge is 2.26. The number of carbonyl (C=O) groups excluding carboxylic acids is 2. The van der Waals surface area contributed by atoms with E-state index < -0.39 is 0 Å². The Bertz CT molecular complexity index is 419. The van der Waals surface area contributed by atoms with Gasteiger partial charge in [-0.05, 0) is 12.0 Å². The van der Waals surface area contributed by atoms with Gasteiger partial charge in [-0.15, -0.1) is 0 Å². The number of benzene rings is 1. The van der Waals surface area contributed by atoms with E-state index in [1.165, 1.54) is 0 Å². The molecule has 0 aromatic heterocycles. The maximum Gasteiger partial charge on any atom is 0.293 e. The molecule has 19 heavy (non-hydrogen) atoms. The highest BCUT2D eigenvalue weighted by molar-refractivity contribution is 5.82. The van der Waals surface area contributed by atoms with Crippen LogP contribution in [-0.4, -0.2) is 31.4 Å². The lowest BCUT2D eigenvalue weighted by molar-refractivity contribution is -0.136. The Morgan fingerprint density at radius 3 is 2.84 bits per heavy atom. The fourth-order valence-electron chi connectivity index (χ4n) is 2.48. The molecule has 0 radical (unpaired) electrons. The lowest BCUT2D eigenvalue weighted by Crippen LogP contribution is -2.39. The Morgan fingerprint density at radius 1 is 1.37 bits per heavy atom. The first-order valence-electron chi connectivity index (χ1n) is 6.66. The summed E-state index contributed by atoms with van der Waals surface area (Å²) in [4.78, 5) is 22.4. The van der Waals surface area contributed by atoms with Gasteiger partial charge in [-0.2, -0.15) is 0 Å². The van der Waals surface area contributed by atoms with Crippen molar-refractivity contribution in [2.75, 3.05) is 13.1 Å². The van der Waals surface area contributed by atoms with Crippen molar-refractivity contribution in [3.8, 4) is 0 Å². The summed E-state index contributed by atoms with van der Waals surface area (Å²) >= 11 is 0. The molecule has 0 aliphatic carbocycles. The Balaban J connectivity index is 1.95. The Morgan fingerprint density at radius 2 is 2.16 bits per heavy atom. The van der Waals surface area contributed by atoms with Crippen molar-refractivity contribution in [1.82, 2.24) is 5.32 Å². The molecule has 1 heterocycles. The zero-order valence-electron chi connectivity index (χ0n) is 10.9. The number of hydrogen-bond donors (Lipinski definition) is 1. The van der Waals surface area contributed by atoms with Crippen molar-refractivity contribution in [3.63, 3.8) is 0 Å². The summed E-state index contributed by atoms with van der Waals surface area (Å²) in [6.07, 6.45) is 1.60. The lowest BCUT2D eigenvalue weighted by Gasteiger charge is -2.25. The number of hydrogen-bond acceptors (Lipinski definition) is 4. The van der Waals surface area contributed by atoms with Crippen molar-refractivity contribution in [3.05, 3.63) is 35.9 Å². The molecule has 4 heteroatoms. The standard InChI is InChI=1S/C15H19NO3/c17-11-19-14(8-12-4-2-1-3-5-12)9-13-10-16-7-6-15(13)18/h1-5,11,13-14,16H,6-10H2. The fourth-order valence-corrected chi connectivity index (χ4v) is 2.48. The summed E-state index contributed by atoms with van der Waals surface area (Å²) in [5.74, 6) is 0.230. The molecule has 0 bridgehead atoms. The second-order valence-electron chi connectivity index (χ2n) is 4.90. The lowest BCUT2D eigenvalue weighted by atomic mass is 9.90.